The zero-order valence-corrected chi connectivity index (χ0v) is 16.7. The Morgan fingerprint density at radius 3 is 2.68 bits per heavy atom. The molecule has 0 unspecified atom stereocenters. The molecule has 148 valence electrons. The van der Waals surface area contributed by atoms with E-state index in [2.05, 4.69) is 13.0 Å². The molecule has 0 amide bonds. The van der Waals surface area contributed by atoms with Gasteiger partial charge in [0.1, 0.15) is 5.60 Å². The van der Waals surface area contributed by atoms with Gasteiger partial charge in [0.15, 0.2) is 5.78 Å². The lowest BCUT2D eigenvalue weighted by molar-refractivity contribution is -0.170. The van der Waals surface area contributed by atoms with Gasteiger partial charge in [-0.3, -0.25) is 4.79 Å². The minimum atomic E-state index is -0.308. The Hall–Kier alpha value is -1.38. The van der Waals surface area contributed by atoms with Gasteiger partial charge in [-0.15, -0.1) is 0 Å². The number of allylic oxidation sites excluding steroid dienone is 1. The minimum Gasteiger partial charge on any atom is -0.451 e. The van der Waals surface area contributed by atoms with Crippen molar-refractivity contribution in [2.24, 2.45) is 52.8 Å². The van der Waals surface area contributed by atoms with Crippen LogP contribution in [-0.2, 0) is 14.3 Å². The summed E-state index contributed by atoms with van der Waals surface area (Å²) < 4.78 is 6.14. The smallest absolute Gasteiger partial charge is 0.331 e. The number of ether oxygens (including phenoxy) is 1. The minimum absolute atomic E-state index is 0.114. The molecule has 5 fully saturated rings. The van der Waals surface area contributed by atoms with Gasteiger partial charge in [-0.2, -0.15) is 0 Å². The molecule has 6 aliphatic carbocycles. The first-order chi connectivity index (χ1) is 13.5. The van der Waals surface area contributed by atoms with Crippen LogP contribution in [0.3, 0.4) is 0 Å². The second-order valence-corrected chi connectivity index (χ2v) is 11.3. The molecule has 28 heavy (non-hydrogen) atoms. The Labute approximate surface area is 167 Å². The largest absolute Gasteiger partial charge is 0.451 e. The number of hydrogen-bond donors (Lipinski definition) is 0. The lowest BCUT2D eigenvalue weighted by atomic mass is 9.46. The highest BCUT2D eigenvalue weighted by molar-refractivity contribution is 5.91. The number of hydrogen-bond acceptors (Lipinski definition) is 3. The molecule has 7 aliphatic rings. The van der Waals surface area contributed by atoms with E-state index in [1.807, 2.05) is 6.08 Å². The number of ketones is 1. The number of esters is 1. The zero-order valence-electron chi connectivity index (χ0n) is 16.7. The molecule has 0 bridgehead atoms. The Balaban J connectivity index is 1.33. The van der Waals surface area contributed by atoms with Crippen molar-refractivity contribution in [1.29, 1.82) is 0 Å². The van der Waals surface area contributed by atoms with Gasteiger partial charge in [0.05, 0.1) is 0 Å². The molecule has 0 aromatic rings. The van der Waals surface area contributed by atoms with Crippen LogP contribution in [0.1, 0.15) is 58.3 Å². The van der Waals surface area contributed by atoms with Crippen LogP contribution in [0.25, 0.3) is 0 Å². The SMILES string of the molecule is C[C@]12CC[C@H]3[C@H]([C@@H]1[C@H]1C[C@H]1[C@@]21C=CC(=O)O1)[C@@H](C1CC1)CC1=CC(=O)CC[C@@H]13. The fourth-order valence-corrected chi connectivity index (χ4v) is 9.23. The molecule has 0 saturated heterocycles. The summed E-state index contributed by atoms with van der Waals surface area (Å²) in [5.41, 5.74) is 1.31. The summed E-state index contributed by atoms with van der Waals surface area (Å²) in [5.74, 6) is 6.11. The highest BCUT2D eigenvalue weighted by Gasteiger charge is 2.78. The molecule has 9 atom stereocenters. The monoisotopic (exact) mass is 378 g/mol. The van der Waals surface area contributed by atoms with E-state index >= 15 is 0 Å². The van der Waals surface area contributed by atoms with E-state index in [4.69, 9.17) is 4.74 Å². The first-order valence-corrected chi connectivity index (χ1v) is 11.7. The second kappa shape index (κ2) is 5.02. The van der Waals surface area contributed by atoms with Gasteiger partial charge >= 0.3 is 5.97 Å². The van der Waals surface area contributed by atoms with E-state index in [1.165, 1.54) is 44.1 Å². The third-order valence-corrected chi connectivity index (χ3v) is 10.4. The van der Waals surface area contributed by atoms with Crippen LogP contribution < -0.4 is 0 Å². The van der Waals surface area contributed by atoms with Crippen LogP contribution in [0.4, 0.5) is 0 Å². The van der Waals surface area contributed by atoms with Crippen molar-refractivity contribution in [3.05, 3.63) is 23.8 Å². The van der Waals surface area contributed by atoms with Gasteiger partial charge in [-0.05, 0) is 98.5 Å². The van der Waals surface area contributed by atoms with E-state index in [0.717, 1.165) is 42.4 Å². The summed E-state index contributed by atoms with van der Waals surface area (Å²) in [6.07, 6.45) is 15.4. The molecule has 1 heterocycles. The van der Waals surface area contributed by atoms with Crippen molar-refractivity contribution >= 4 is 11.8 Å². The Bertz CT molecular complexity index is 850. The van der Waals surface area contributed by atoms with Gasteiger partial charge in [0, 0.05) is 23.8 Å². The number of rotatable bonds is 1. The van der Waals surface area contributed by atoms with Gasteiger partial charge in [-0.1, -0.05) is 12.5 Å². The molecular formula is C25H30O3. The van der Waals surface area contributed by atoms with Crippen LogP contribution in [0.5, 0.6) is 0 Å². The summed E-state index contributed by atoms with van der Waals surface area (Å²) in [7, 11) is 0. The Morgan fingerprint density at radius 1 is 1.07 bits per heavy atom. The molecule has 3 nitrogen and oxygen atoms in total. The lowest BCUT2D eigenvalue weighted by Gasteiger charge is -2.59. The number of fused-ring (bicyclic) bond motifs is 9. The summed E-state index contributed by atoms with van der Waals surface area (Å²) in [5, 5.41) is 0. The van der Waals surface area contributed by atoms with Crippen LogP contribution >= 0.6 is 0 Å². The summed E-state index contributed by atoms with van der Waals surface area (Å²) in [4.78, 5) is 24.3. The standard InChI is InChI=1S/C25H30O3/c1-24-8-6-17-16-5-4-15(26)10-14(16)11-18(13-2-3-13)22(17)23(24)19-12-20(19)25(24)9-7-21(27)28-25/h7,9-10,13,16-20,22-23H,2-6,8,11-12H2,1H3/t16-,17+,18+,19-,20+,22-,23-,24-,25-/m0/s1. The van der Waals surface area contributed by atoms with Crippen LogP contribution in [0.2, 0.25) is 0 Å². The first kappa shape index (κ1) is 16.4. The van der Waals surface area contributed by atoms with Gasteiger partial charge in [-0.25, -0.2) is 4.79 Å². The molecule has 0 radical (unpaired) electrons. The fraction of sp³-hybridized carbons (Fsp3) is 0.760. The molecular weight excluding hydrogens is 348 g/mol. The molecule has 0 N–H and O–H groups in total. The van der Waals surface area contributed by atoms with E-state index < -0.39 is 0 Å². The van der Waals surface area contributed by atoms with Crippen molar-refractivity contribution in [2.75, 3.05) is 0 Å². The molecule has 1 aliphatic heterocycles. The van der Waals surface area contributed by atoms with Crippen molar-refractivity contribution in [1.82, 2.24) is 0 Å². The Morgan fingerprint density at radius 2 is 1.93 bits per heavy atom. The maximum atomic E-state index is 12.1. The van der Waals surface area contributed by atoms with Gasteiger partial charge in [0.25, 0.3) is 0 Å². The topological polar surface area (TPSA) is 43.4 Å². The van der Waals surface area contributed by atoms with Crippen molar-refractivity contribution in [2.45, 2.75) is 63.9 Å². The fourth-order valence-electron chi connectivity index (χ4n) is 9.23. The normalized spacial score (nSPS) is 55.9. The van der Waals surface area contributed by atoms with Gasteiger partial charge < -0.3 is 4.74 Å². The molecule has 3 heteroatoms. The average Bonchev–Trinajstić information content (AvgIpc) is 3.59. The first-order valence-electron chi connectivity index (χ1n) is 11.7. The summed E-state index contributed by atoms with van der Waals surface area (Å²) >= 11 is 0. The maximum absolute atomic E-state index is 12.1. The summed E-state index contributed by atoms with van der Waals surface area (Å²) in [6.45, 7) is 2.46. The number of carbonyl (C=O) groups excluding carboxylic acids is 2. The quantitative estimate of drug-likeness (QED) is 0.632. The Kier molecular flexibility index (Phi) is 2.94. The number of carbonyl (C=O) groups is 2. The van der Waals surface area contributed by atoms with Crippen molar-refractivity contribution in [3.63, 3.8) is 0 Å². The molecule has 0 aromatic heterocycles. The van der Waals surface area contributed by atoms with Crippen molar-refractivity contribution in [3.8, 4) is 0 Å². The second-order valence-electron chi connectivity index (χ2n) is 11.3. The van der Waals surface area contributed by atoms with E-state index in [1.54, 1.807) is 6.08 Å². The maximum Gasteiger partial charge on any atom is 0.331 e. The predicted octanol–water partition coefficient (Wildman–Crippen LogP) is 4.47. The van der Waals surface area contributed by atoms with Crippen molar-refractivity contribution < 1.29 is 14.3 Å². The summed E-state index contributed by atoms with van der Waals surface area (Å²) in [6, 6.07) is 0. The molecule has 1 spiro atoms. The average molecular weight is 379 g/mol. The van der Waals surface area contributed by atoms with Crippen LogP contribution in [0, 0.1) is 52.8 Å². The predicted molar refractivity (Wildman–Crippen MR) is 104 cm³/mol. The highest BCUT2D eigenvalue weighted by Crippen LogP contribution is 2.78. The van der Waals surface area contributed by atoms with Crippen LogP contribution in [-0.4, -0.2) is 17.4 Å². The lowest BCUT2D eigenvalue weighted by Crippen LogP contribution is -2.56. The van der Waals surface area contributed by atoms with E-state index in [0.29, 0.717) is 23.5 Å². The molecule has 0 aromatic carbocycles. The molecule has 7 rings (SSSR count). The van der Waals surface area contributed by atoms with Gasteiger partial charge in [0.2, 0.25) is 0 Å². The highest BCUT2D eigenvalue weighted by atomic mass is 16.6. The van der Waals surface area contributed by atoms with E-state index in [9.17, 15) is 9.59 Å². The molecule has 5 saturated carbocycles. The zero-order chi connectivity index (χ0) is 18.8. The van der Waals surface area contributed by atoms with E-state index in [-0.39, 0.29) is 17.0 Å². The third kappa shape index (κ3) is 1.83. The van der Waals surface area contributed by atoms with Crippen LogP contribution in [0.15, 0.2) is 23.8 Å². The third-order valence-electron chi connectivity index (χ3n) is 10.4.